The van der Waals surface area contributed by atoms with Crippen molar-refractivity contribution in [3.8, 4) is 0 Å². The topological polar surface area (TPSA) is 111 Å². The van der Waals surface area contributed by atoms with Gasteiger partial charge in [-0.15, -0.1) is 0 Å². The first-order chi connectivity index (χ1) is 14.2. The summed E-state index contributed by atoms with van der Waals surface area (Å²) >= 11 is 0. The molecule has 0 aliphatic rings. The molecule has 0 atom stereocenters. The van der Waals surface area contributed by atoms with Crippen LogP contribution in [0.2, 0.25) is 0 Å². The van der Waals surface area contributed by atoms with E-state index in [1.807, 2.05) is 19.1 Å². The zero-order valence-corrected chi connectivity index (χ0v) is 17.4. The number of hydrogen-bond donors (Lipinski definition) is 1. The average Bonchev–Trinajstić information content (AvgIpc) is 3.01. The number of fused-ring (bicyclic) bond motifs is 3. The van der Waals surface area contributed by atoms with Crippen molar-refractivity contribution < 1.29 is 47.6 Å². The van der Waals surface area contributed by atoms with Crippen molar-refractivity contribution in [3.05, 3.63) is 42.0 Å². The van der Waals surface area contributed by atoms with Crippen LogP contribution in [0, 0.1) is 6.92 Å². The Morgan fingerprint density at radius 1 is 0.968 bits per heavy atom. The van der Waals surface area contributed by atoms with E-state index in [4.69, 9.17) is 8.97 Å². The average molecular weight is 484 g/mol. The summed E-state index contributed by atoms with van der Waals surface area (Å²) in [5.41, 5.74) is 1.73. The third-order valence-electron chi connectivity index (χ3n) is 4.51. The van der Waals surface area contributed by atoms with Crippen molar-refractivity contribution in [3.63, 3.8) is 0 Å². The molecule has 13 heteroatoms. The highest BCUT2D eigenvalue weighted by molar-refractivity contribution is 7.87. The molecule has 7 nitrogen and oxygen atoms in total. The molecule has 3 aromatic rings. The second-order valence-electron chi connectivity index (χ2n) is 6.84. The summed E-state index contributed by atoms with van der Waals surface area (Å²) < 4.78 is 117. The molecule has 0 unspecified atom stereocenters. The van der Waals surface area contributed by atoms with Crippen LogP contribution in [0.25, 0.3) is 21.9 Å². The Kier molecular flexibility index (Phi) is 5.84. The summed E-state index contributed by atoms with van der Waals surface area (Å²) in [5.74, 6) is -5.13. The van der Waals surface area contributed by atoms with Gasteiger partial charge in [0.1, 0.15) is 11.2 Å². The van der Waals surface area contributed by atoms with Crippen molar-refractivity contribution in [1.29, 1.82) is 0 Å². The van der Waals surface area contributed by atoms with Crippen LogP contribution in [0.4, 0.5) is 17.6 Å². The summed E-state index contributed by atoms with van der Waals surface area (Å²) in [7, 11) is -10.8. The quantitative estimate of drug-likeness (QED) is 0.217. The lowest BCUT2D eigenvalue weighted by atomic mass is 10.1. The summed E-state index contributed by atoms with van der Waals surface area (Å²) in [6, 6.07) is 9.27. The Morgan fingerprint density at radius 2 is 1.65 bits per heavy atom. The van der Waals surface area contributed by atoms with E-state index in [9.17, 15) is 34.4 Å². The van der Waals surface area contributed by atoms with Gasteiger partial charge in [-0.25, -0.2) is 0 Å². The maximum atomic E-state index is 13.4. The molecule has 0 saturated heterocycles. The van der Waals surface area contributed by atoms with E-state index in [-0.39, 0.29) is 10.5 Å². The Bertz CT molecular complexity index is 1350. The van der Waals surface area contributed by atoms with E-state index in [1.54, 1.807) is 6.07 Å². The van der Waals surface area contributed by atoms with E-state index in [1.165, 1.54) is 18.2 Å². The first-order valence-corrected chi connectivity index (χ1v) is 11.6. The van der Waals surface area contributed by atoms with Crippen molar-refractivity contribution in [1.82, 2.24) is 0 Å². The minimum Gasteiger partial charge on any atom is -0.456 e. The SMILES string of the molecule is Cc1ccc2oc3cc(S(=O)(=O)OCCCC(F)(F)C(F)(F)S(=O)(=O)O)ccc3c2c1. The number of aryl methyl sites for hydroxylation is 1. The smallest absolute Gasteiger partial charge is 0.431 e. The molecule has 0 fully saturated rings. The molecule has 0 aliphatic carbocycles. The van der Waals surface area contributed by atoms with Crippen LogP contribution >= 0.6 is 0 Å². The van der Waals surface area contributed by atoms with Gasteiger partial charge >= 0.3 is 21.3 Å². The summed E-state index contributed by atoms with van der Waals surface area (Å²) in [6.07, 6.45) is -2.67. The van der Waals surface area contributed by atoms with Crippen molar-refractivity contribution in [2.24, 2.45) is 0 Å². The highest BCUT2D eigenvalue weighted by Gasteiger charge is 2.64. The Hall–Kier alpha value is -2.22. The van der Waals surface area contributed by atoms with Crippen LogP contribution in [0.5, 0.6) is 0 Å². The third kappa shape index (κ3) is 4.40. The predicted molar refractivity (Wildman–Crippen MR) is 102 cm³/mol. The predicted octanol–water partition coefficient (Wildman–Crippen LogP) is 4.50. The zero-order valence-electron chi connectivity index (χ0n) is 15.8. The van der Waals surface area contributed by atoms with Crippen molar-refractivity contribution in [2.75, 3.05) is 6.61 Å². The molecule has 0 amide bonds. The lowest BCUT2D eigenvalue weighted by molar-refractivity contribution is -0.165. The van der Waals surface area contributed by atoms with Crippen LogP contribution in [0.15, 0.2) is 45.7 Å². The van der Waals surface area contributed by atoms with E-state index in [0.717, 1.165) is 10.9 Å². The molecule has 1 N–H and O–H groups in total. The van der Waals surface area contributed by atoms with Crippen LogP contribution in [-0.4, -0.2) is 39.2 Å². The fourth-order valence-corrected chi connectivity index (χ4v) is 4.33. The fraction of sp³-hybridized carbons (Fsp3) is 0.333. The summed E-state index contributed by atoms with van der Waals surface area (Å²) in [6.45, 7) is 0.956. The molecule has 0 spiro atoms. The molecule has 0 radical (unpaired) electrons. The van der Waals surface area contributed by atoms with Crippen LogP contribution in [0.3, 0.4) is 0 Å². The normalized spacial score (nSPS) is 13.9. The number of benzene rings is 2. The molecule has 31 heavy (non-hydrogen) atoms. The van der Waals surface area contributed by atoms with Crippen molar-refractivity contribution >= 4 is 42.2 Å². The maximum absolute atomic E-state index is 13.4. The molecule has 170 valence electrons. The Labute approximate surface area is 174 Å². The van der Waals surface area contributed by atoms with Gasteiger partial charge in [0, 0.05) is 23.3 Å². The monoisotopic (exact) mass is 484 g/mol. The van der Waals surface area contributed by atoms with E-state index < -0.39 is 50.9 Å². The van der Waals surface area contributed by atoms with Crippen LogP contribution in [0.1, 0.15) is 18.4 Å². The number of halogens is 4. The lowest BCUT2D eigenvalue weighted by Crippen LogP contribution is -2.46. The van der Waals surface area contributed by atoms with Gasteiger partial charge in [0.15, 0.2) is 0 Å². The van der Waals surface area contributed by atoms with Gasteiger partial charge in [-0.1, -0.05) is 11.6 Å². The van der Waals surface area contributed by atoms with E-state index in [0.29, 0.717) is 11.0 Å². The summed E-state index contributed by atoms with van der Waals surface area (Å²) in [4.78, 5) is -0.342. The van der Waals surface area contributed by atoms with E-state index >= 15 is 0 Å². The van der Waals surface area contributed by atoms with Crippen LogP contribution < -0.4 is 0 Å². The molecule has 3 rings (SSSR count). The molecular formula is C18H16F4O7S2. The summed E-state index contributed by atoms with van der Waals surface area (Å²) in [5, 5.41) is -4.31. The standard InChI is InChI=1S/C18H16F4O7S2/c1-11-3-6-15-14(9-11)13-5-4-12(10-16(13)29-15)30(23,24)28-8-2-7-17(19,20)18(21,22)31(25,26)27/h3-6,9-10H,2,7-8H2,1H3,(H,25,26,27). The highest BCUT2D eigenvalue weighted by Crippen LogP contribution is 2.41. The fourth-order valence-electron chi connectivity index (χ4n) is 2.89. The first-order valence-electron chi connectivity index (χ1n) is 8.71. The second kappa shape index (κ2) is 7.73. The van der Waals surface area contributed by atoms with Crippen LogP contribution in [-0.2, 0) is 24.4 Å². The maximum Gasteiger partial charge on any atom is 0.431 e. The Morgan fingerprint density at radius 3 is 2.29 bits per heavy atom. The van der Waals surface area contributed by atoms with Gasteiger partial charge in [0.25, 0.3) is 10.1 Å². The van der Waals surface area contributed by atoms with Gasteiger partial charge in [0.05, 0.1) is 11.5 Å². The zero-order chi connectivity index (χ0) is 23.2. The first kappa shape index (κ1) is 23.4. The Balaban J connectivity index is 1.72. The minimum absolute atomic E-state index is 0.240. The molecule has 0 aliphatic heterocycles. The molecular weight excluding hydrogens is 468 g/mol. The number of rotatable bonds is 8. The third-order valence-corrected chi connectivity index (χ3v) is 6.77. The second-order valence-corrected chi connectivity index (χ2v) is 9.91. The van der Waals surface area contributed by atoms with Gasteiger partial charge in [-0.3, -0.25) is 8.74 Å². The number of hydrogen-bond acceptors (Lipinski definition) is 6. The molecule has 1 heterocycles. The van der Waals surface area contributed by atoms with Gasteiger partial charge in [0.2, 0.25) is 0 Å². The largest absolute Gasteiger partial charge is 0.456 e. The molecule has 2 aromatic carbocycles. The number of furan rings is 1. The van der Waals surface area contributed by atoms with Gasteiger partial charge < -0.3 is 4.42 Å². The van der Waals surface area contributed by atoms with E-state index in [2.05, 4.69) is 4.18 Å². The number of alkyl halides is 4. The molecule has 0 bridgehead atoms. The van der Waals surface area contributed by atoms with Crippen molar-refractivity contribution in [2.45, 2.75) is 35.8 Å². The highest BCUT2D eigenvalue weighted by atomic mass is 32.2. The minimum atomic E-state index is -6.36. The van der Waals surface area contributed by atoms with Gasteiger partial charge in [-0.2, -0.15) is 34.4 Å². The lowest BCUT2D eigenvalue weighted by Gasteiger charge is -2.23. The molecule has 1 aromatic heterocycles. The molecule has 0 saturated carbocycles. The van der Waals surface area contributed by atoms with Gasteiger partial charge in [-0.05, 0) is 37.6 Å².